The molecule has 4 aromatic rings. The van der Waals surface area contributed by atoms with E-state index in [2.05, 4.69) is 65.1 Å². The van der Waals surface area contributed by atoms with Crippen molar-refractivity contribution in [3.05, 3.63) is 65.6 Å². The van der Waals surface area contributed by atoms with E-state index in [0.29, 0.717) is 24.6 Å². The van der Waals surface area contributed by atoms with Gasteiger partial charge in [-0.2, -0.15) is 0 Å². The van der Waals surface area contributed by atoms with Crippen LogP contribution in [0, 0.1) is 23.7 Å². The Balaban J connectivity index is 1.65. The van der Waals surface area contributed by atoms with Crippen molar-refractivity contribution in [2.75, 3.05) is 59.3 Å². The fraction of sp³-hybridized carbons (Fsp3) is 0.349. The van der Waals surface area contributed by atoms with Crippen LogP contribution in [0.1, 0.15) is 57.5 Å². The first kappa shape index (κ1) is 42.9. The number of H-pyrrole nitrogens is 1. The van der Waals surface area contributed by atoms with Gasteiger partial charge in [0.05, 0.1) is 50.6 Å². The van der Waals surface area contributed by atoms with E-state index in [0.717, 1.165) is 62.8 Å². The molecule has 1 aromatic heterocycles. The second kappa shape index (κ2) is 21.3. The molecule has 57 heavy (non-hydrogen) atoms. The Hall–Kier alpha value is -6.80. The van der Waals surface area contributed by atoms with Gasteiger partial charge in [-0.3, -0.25) is 14.6 Å². The van der Waals surface area contributed by atoms with E-state index >= 15 is 0 Å². The van der Waals surface area contributed by atoms with Crippen molar-refractivity contribution in [1.82, 2.24) is 30.4 Å². The van der Waals surface area contributed by atoms with Crippen molar-refractivity contribution >= 4 is 52.4 Å². The molecular formula is C43H50N8O6. The van der Waals surface area contributed by atoms with Gasteiger partial charge in [-0.15, -0.1) is 11.8 Å². The number of fused-ring (bicyclic) bond motifs is 1. The molecular weight excluding hydrogens is 725 g/mol. The van der Waals surface area contributed by atoms with E-state index < -0.39 is 12.2 Å². The molecule has 0 unspecified atom stereocenters. The quantitative estimate of drug-likeness (QED) is 0.0785. The molecule has 1 heterocycles. The van der Waals surface area contributed by atoms with Crippen molar-refractivity contribution in [3.63, 3.8) is 0 Å². The minimum absolute atomic E-state index is 0.161. The second-order valence-electron chi connectivity index (χ2n) is 12.7. The molecule has 0 saturated heterocycles. The zero-order chi connectivity index (χ0) is 41.3. The molecule has 0 atom stereocenters. The summed E-state index contributed by atoms with van der Waals surface area (Å²) in [6.45, 7) is 8.73. The number of rotatable bonds is 16. The number of amides is 4. The first-order valence-electron chi connectivity index (χ1n) is 18.6. The maximum Gasteiger partial charge on any atom is 0.407 e. The van der Waals surface area contributed by atoms with Gasteiger partial charge in [-0.05, 0) is 61.9 Å². The molecule has 4 N–H and O–H groups in total. The Morgan fingerprint density at radius 3 is 2.04 bits per heavy atom. The highest BCUT2D eigenvalue weighted by molar-refractivity contribution is 6.02. The molecule has 0 aliphatic carbocycles. The van der Waals surface area contributed by atoms with Gasteiger partial charge in [0.15, 0.2) is 0 Å². The standard InChI is InChI=1S/C43H50N8O6/c1-8-12-30-23-33(36-25-46-37(49-36)28-51(20-11-4)39(53)27-48-43(55)57-7)24-31(13-9-2)40(30)32-14-16-34-29(22-32)15-17-35(41(34)44-5)45-18-21-50(19-10-3)38(52)26-47-42(54)56-6/h14-18,22-25,44H,10-11,19-21,26-28H2,1-7H3,(H,46,49)(H,47,54)(H,48,55)/b45-18+. The predicted molar refractivity (Wildman–Crippen MR) is 223 cm³/mol. The van der Waals surface area contributed by atoms with E-state index in [1.165, 1.54) is 14.2 Å². The molecule has 4 rings (SSSR count). The summed E-state index contributed by atoms with van der Waals surface area (Å²) in [4.78, 5) is 64.5. The van der Waals surface area contributed by atoms with E-state index in [-0.39, 0.29) is 38.0 Å². The van der Waals surface area contributed by atoms with Crippen molar-refractivity contribution < 1.29 is 28.7 Å². The van der Waals surface area contributed by atoms with Gasteiger partial charge in [-0.25, -0.2) is 14.6 Å². The average molecular weight is 775 g/mol. The van der Waals surface area contributed by atoms with Crippen LogP contribution in [-0.2, 0) is 25.6 Å². The van der Waals surface area contributed by atoms with Gasteiger partial charge in [-0.1, -0.05) is 43.9 Å². The van der Waals surface area contributed by atoms with Crippen LogP contribution in [0.25, 0.3) is 33.2 Å². The average Bonchev–Trinajstić information content (AvgIpc) is 3.69. The Bertz CT molecular complexity index is 2200. The van der Waals surface area contributed by atoms with Crippen molar-refractivity contribution in [3.8, 4) is 46.1 Å². The lowest BCUT2D eigenvalue weighted by molar-refractivity contribution is -0.131. The Morgan fingerprint density at radius 2 is 1.46 bits per heavy atom. The summed E-state index contributed by atoms with van der Waals surface area (Å²) in [7, 11) is 4.34. The first-order chi connectivity index (χ1) is 27.6. The third-order valence-electron chi connectivity index (χ3n) is 8.84. The zero-order valence-corrected chi connectivity index (χ0v) is 33.6. The molecule has 14 heteroatoms. The van der Waals surface area contributed by atoms with Crippen LogP contribution < -0.4 is 16.0 Å². The smallest absolute Gasteiger partial charge is 0.407 e. The van der Waals surface area contributed by atoms with Crippen LogP contribution in [0.3, 0.4) is 0 Å². The molecule has 0 bridgehead atoms. The normalized spacial score (nSPS) is 10.5. The second-order valence-corrected chi connectivity index (χ2v) is 12.7. The fourth-order valence-corrected chi connectivity index (χ4v) is 6.24. The van der Waals surface area contributed by atoms with Crippen LogP contribution in [0.4, 0.5) is 21.0 Å². The lowest BCUT2D eigenvalue weighted by Crippen LogP contribution is -2.41. The number of ether oxygens (including phenoxy) is 2. The fourth-order valence-electron chi connectivity index (χ4n) is 6.24. The molecule has 0 saturated carbocycles. The van der Waals surface area contributed by atoms with Gasteiger partial charge in [0.25, 0.3) is 0 Å². The maximum atomic E-state index is 12.9. The van der Waals surface area contributed by atoms with Crippen LogP contribution in [0.2, 0.25) is 0 Å². The molecule has 4 amide bonds. The minimum atomic E-state index is -0.669. The summed E-state index contributed by atoms with van der Waals surface area (Å²) in [5, 5.41) is 10.1. The van der Waals surface area contributed by atoms with Crippen LogP contribution in [-0.4, -0.2) is 104 Å². The highest BCUT2D eigenvalue weighted by Gasteiger charge is 2.19. The van der Waals surface area contributed by atoms with Crippen molar-refractivity contribution in [2.24, 2.45) is 4.99 Å². The van der Waals surface area contributed by atoms with Gasteiger partial charge in [0.2, 0.25) is 11.8 Å². The minimum Gasteiger partial charge on any atom is -0.453 e. The number of anilines is 1. The first-order valence-corrected chi connectivity index (χ1v) is 18.6. The molecule has 0 fully saturated rings. The maximum absolute atomic E-state index is 12.9. The molecule has 0 aliphatic heterocycles. The third-order valence-corrected chi connectivity index (χ3v) is 8.84. The molecule has 14 nitrogen and oxygen atoms in total. The third kappa shape index (κ3) is 11.4. The lowest BCUT2D eigenvalue weighted by atomic mass is 9.90. The zero-order valence-electron chi connectivity index (χ0n) is 33.6. The Labute approximate surface area is 333 Å². The lowest BCUT2D eigenvalue weighted by Gasteiger charge is -2.21. The summed E-state index contributed by atoms with van der Waals surface area (Å²) in [5.41, 5.74) is 6.57. The molecule has 0 radical (unpaired) electrons. The number of hydrogen-bond acceptors (Lipinski definition) is 9. The van der Waals surface area contributed by atoms with E-state index in [4.69, 9.17) is 4.99 Å². The summed E-state index contributed by atoms with van der Waals surface area (Å²) < 4.78 is 9.16. The molecule has 298 valence electrons. The van der Waals surface area contributed by atoms with Crippen LogP contribution in [0.15, 0.2) is 53.7 Å². The van der Waals surface area contributed by atoms with E-state index in [1.54, 1.807) is 36.1 Å². The van der Waals surface area contributed by atoms with Gasteiger partial charge >= 0.3 is 12.2 Å². The monoisotopic (exact) mass is 774 g/mol. The topological polar surface area (TPSA) is 170 Å². The van der Waals surface area contributed by atoms with Crippen LogP contribution >= 0.6 is 0 Å². The number of hydrogen-bond donors (Lipinski definition) is 4. The molecule has 0 spiro atoms. The Kier molecular flexibility index (Phi) is 16.1. The number of carbonyl (C=O) groups excluding carboxylic acids is 4. The number of aromatic amines is 1. The highest BCUT2D eigenvalue weighted by Crippen LogP contribution is 2.38. The van der Waals surface area contributed by atoms with E-state index in [1.807, 2.05) is 57.3 Å². The molecule has 3 aromatic carbocycles. The number of nitrogens with one attached hydrogen (secondary N) is 4. The number of aromatic nitrogens is 2. The number of carbonyl (C=O) groups is 4. The summed E-state index contributed by atoms with van der Waals surface area (Å²) in [6, 6.07) is 14.2. The number of benzene rings is 3. The highest BCUT2D eigenvalue weighted by atomic mass is 16.5. The van der Waals surface area contributed by atoms with Gasteiger partial charge < -0.3 is 40.2 Å². The molecule has 0 aliphatic rings. The van der Waals surface area contributed by atoms with Crippen molar-refractivity contribution in [2.45, 2.75) is 47.1 Å². The summed E-state index contributed by atoms with van der Waals surface area (Å²) in [5.74, 6) is 12.8. The number of methoxy groups -OCH3 is 2. The largest absolute Gasteiger partial charge is 0.453 e. The Morgan fingerprint density at radius 1 is 0.842 bits per heavy atom. The predicted octanol–water partition coefficient (Wildman–Crippen LogP) is 6.07. The van der Waals surface area contributed by atoms with Crippen LogP contribution in [0.5, 0.6) is 0 Å². The number of alkyl carbamates (subject to hydrolysis) is 2. The number of imidazole rings is 1. The number of aliphatic imine (C=N–C) groups is 1. The van der Waals surface area contributed by atoms with Gasteiger partial charge in [0, 0.05) is 54.0 Å². The van der Waals surface area contributed by atoms with Crippen molar-refractivity contribution in [1.29, 1.82) is 0 Å². The SMILES string of the molecule is CC#Cc1cc(-c2cnc(CN(CCC)C(=O)CNC(=O)OC)[nH]2)cc(C#CC)c1-c1ccc2c(NC)c(/N=C/CN(CCC)C(=O)CNC(=O)OC)ccc2c1. The number of nitrogens with zero attached hydrogens (tertiary/aromatic N) is 4. The summed E-state index contributed by atoms with van der Waals surface area (Å²) in [6.07, 6.45) is 3.59. The summed E-state index contributed by atoms with van der Waals surface area (Å²) >= 11 is 0. The van der Waals surface area contributed by atoms with Gasteiger partial charge in [0.1, 0.15) is 18.9 Å². The van der Waals surface area contributed by atoms with E-state index in [9.17, 15) is 19.2 Å².